The number of hydrogen-bond acceptors (Lipinski definition) is 1. The van der Waals surface area contributed by atoms with E-state index in [1.807, 2.05) is 0 Å². The molecule has 6 unspecified atom stereocenters. The van der Waals surface area contributed by atoms with Crippen LogP contribution in [0.15, 0.2) is 0 Å². The van der Waals surface area contributed by atoms with E-state index in [0.717, 1.165) is 48.7 Å². The van der Waals surface area contributed by atoms with E-state index in [1.54, 1.807) is 0 Å². The second kappa shape index (κ2) is 10.7. The van der Waals surface area contributed by atoms with Crippen molar-refractivity contribution in [2.24, 2.45) is 35.5 Å². The van der Waals surface area contributed by atoms with Crippen molar-refractivity contribution in [2.45, 2.75) is 86.5 Å². The molecule has 0 aromatic carbocycles. The summed E-state index contributed by atoms with van der Waals surface area (Å²) in [5, 5.41) is 0. The molecule has 0 aromatic heterocycles. The molecule has 0 N–H and O–H groups in total. The van der Waals surface area contributed by atoms with Crippen LogP contribution in [-0.2, 0) is 4.74 Å². The molecule has 3 rings (SSSR count). The summed E-state index contributed by atoms with van der Waals surface area (Å²) in [6.45, 7) is 15.9. The van der Waals surface area contributed by atoms with Gasteiger partial charge in [0.2, 0.25) is 0 Å². The first-order valence-corrected chi connectivity index (χ1v) is 9.99. The summed E-state index contributed by atoms with van der Waals surface area (Å²) in [6.07, 6.45) is 10.3. The Hall–Kier alpha value is -0.0400. The van der Waals surface area contributed by atoms with Gasteiger partial charge in [0.25, 0.3) is 0 Å². The van der Waals surface area contributed by atoms with Gasteiger partial charge >= 0.3 is 0 Å². The summed E-state index contributed by atoms with van der Waals surface area (Å²) >= 11 is 0. The second-order valence-electron chi connectivity index (χ2n) is 8.62. The van der Waals surface area contributed by atoms with Crippen LogP contribution in [0.4, 0.5) is 0 Å². The first kappa shape index (κ1) is 20.0. The van der Waals surface area contributed by atoms with Gasteiger partial charge in [0.15, 0.2) is 0 Å². The van der Waals surface area contributed by atoms with Gasteiger partial charge in [-0.1, -0.05) is 86.5 Å². The molecule has 0 spiro atoms. The number of rotatable bonds is 0. The van der Waals surface area contributed by atoms with Crippen LogP contribution < -0.4 is 0 Å². The molecule has 0 aromatic rings. The average molecular weight is 311 g/mol. The van der Waals surface area contributed by atoms with Crippen LogP contribution in [0, 0.1) is 35.5 Å². The highest BCUT2D eigenvalue weighted by atomic mass is 16.5. The molecule has 2 aliphatic carbocycles. The fourth-order valence-electron chi connectivity index (χ4n) is 3.60. The smallest absolute Gasteiger partial charge is 0.0495 e. The molecule has 2 saturated carbocycles. The maximum atomic E-state index is 5.17. The standard InChI is InChI=1S/C8H16.C7H14.C6H12O/c1-7-5-3-4-6-8(7)2;1-6-4-3-5-7(6)2;1-5-3-7-4-6(5)2/h7-8H,3-6H2,1-2H3;6-7H,3-5H2,1-2H3;5-6H,3-4H2,1-2H3. The van der Waals surface area contributed by atoms with Gasteiger partial charge in [0.1, 0.15) is 0 Å². The minimum absolute atomic E-state index is 0.792. The Kier molecular flexibility index (Phi) is 9.71. The molecule has 3 fully saturated rings. The topological polar surface area (TPSA) is 9.23 Å². The molecule has 1 heteroatoms. The lowest BCUT2D eigenvalue weighted by Gasteiger charge is -2.24. The maximum Gasteiger partial charge on any atom is 0.0495 e. The summed E-state index contributed by atoms with van der Waals surface area (Å²) in [7, 11) is 0. The van der Waals surface area contributed by atoms with Gasteiger partial charge in [-0.15, -0.1) is 0 Å². The largest absolute Gasteiger partial charge is 0.381 e. The average Bonchev–Trinajstić information content (AvgIpc) is 3.04. The summed E-state index contributed by atoms with van der Waals surface area (Å²) in [4.78, 5) is 0. The maximum absolute atomic E-state index is 5.17. The van der Waals surface area contributed by atoms with E-state index in [4.69, 9.17) is 4.74 Å². The minimum atomic E-state index is 0.792. The Morgan fingerprint density at radius 3 is 0.955 bits per heavy atom. The summed E-state index contributed by atoms with van der Waals surface area (Å²) in [5.74, 6) is 5.62. The molecule has 0 radical (unpaired) electrons. The Bertz CT molecular complexity index is 231. The van der Waals surface area contributed by atoms with Crippen molar-refractivity contribution in [2.75, 3.05) is 13.2 Å². The van der Waals surface area contributed by atoms with E-state index in [-0.39, 0.29) is 0 Å². The number of hydrogen-bond donors (Lipinski definition) is 0. The fraction of sp³-hybridized carbons (Fsp3) is 1.00. The third-order valence-electron chi connectivity index (χ3n) is 6.56. The molecule has 0 bridgehead atoms. The monoisotopic (exact) mass is 310 g/mol. The molecule has 1 aliphatic heterocycles. The van der Waals surface area contributed by atoms with Gasteiger partial charge in [-0.2, -0.15) is 0 Å². The van der Waals surface area contributed by atoms with Crippen molar-refractivity contribution in [1.29, 1.82) is 0 Å². The first-order valence-electron chi connectivity index (χ1n) is 9.99. The van der Waals surface area contributed by atoms with Crippen molar-refractivity contribution < 1.29 is 4.74 Å². The zero-order chi connectivity index (χ0) is 16.5. The normalized spacial score (nSPS) is 41.2. The third kappa shape index (κ3) is 7.49. The zero-order valence-electron chi connectivity index (χ0n) is 16.2. The van der Waals surface area contributed by atoms with Crippen LogP contribution in [0.5, 0.6) is 0 Å². The van der Waals surface area contributed by atoms with E-state index in [9.17, 15) is 0 Å². The third-order valence-corrected chi connectivity index (χ3v) is 6.56. The lowest BCUT2D eigenvalue weighted by atomic mass is 9.82. The predicted molar refractivity (Wildman–Crippen MR) is 98.1 cm³/mol. The van der Waals surface area contributed by atoms with Crippen LogP contribution in [0.2, 0.25) is 0 Å². The van der Waals surface area contributed by atoms with Crippen LogP contribution in [0.1, 0.15) is 86.5 Å². The zero-order valence-corrected chi connectivity index (χ0v) is 16.2. The molecule has 22 heavy (non-hydrogen) atoms. The van der Waals surface area contributed by atoms with Gasteiger partial charge in [-0.05, 0) is 35.5 Å². The molecule has 1 heterocycles. The lowest BCUT2D eigenvalue weighted by Crippen LogP contribution is -2.12. The molecular formula is C21H42O. The predicted octanol–water partition coefficient (Wildman–Crippen LogP) is 6.56. The SMILES string of the molecule is CC1CCCC1C.CC1CCCCC1C.CC1COCC1C. The van der Waals surface area contributed by atoms with Crippen LogP contribution in [0.25, 0.3) is 0 Å². The van der Waals surface area contributed by atoms with Gasteiger partial charge in [-0.25, -0.2) is 0 Å². The van der Waals surface area contributed by atoms with Gasteiger partial charge in [-0.3, -0.25) is 0 Å². The van der Waals surface area contributed by atoms with Crippen LogP contribution >= 0.6 is 0 Å². The molecule has 3 aliphatic rings. The van der Waals surface area contributed by atoms with E-state index in [0.29, 0.717) is 0 Å². The summed E-state index contributed by atoms with van der Waals surface area (Å²) in [5.41, 5.74) is 0. The molecule has 1 saturated heterocycles. The Morgan fingerprint density at radius 2 is 0.773 bits per heavy atom. The van der Waals surface area contributed by atoms with Crippen molar-refractivity contribution >= 4 is 0 Å². The molecule has 1 nitrogen and oxygen atoms in total. The first-order chi connectivity index (χ1) is 10.4. The summed E-state index contributed by atoms with van der Waals surface area (Å²) < 4.78 is 5.17. The van der Waals surface area contributed by atoms with Crippen LogP contribution in [-0.4, -0.2) is 13.2 Å². The fourth-order valence-corrected chi connectivity index (χ4v) is 3.60. The minimum Gasteiger partial charge on any atom is -0.381 e. The molecular weight excluding hydrogens is 268 g/mol. The Labute approximate surface area is 140 Å². The van der Waals surface area contributed by atoms with Gasteiger partial charge in [0.05, 0.1) is 0 Å². The summed E-state index contributed by atoms with van der Waals surface area (Å²) in [6, 6.07) is 0. The molecule has 6 atom stereocenters. The van der Waals surface area contributed by atoms with Gasteiger partial charge < -0.3 is 4.74 Å². The Balaban J connectivity index is 0.000000166. The van der Waals surface area contributed by atoms with E-state index in [1.165, 1.54) is 44.9 Å². The van der Waals surface area contributed by atoms with E-state index >= 15 is 0 Å². The number of ether oxygens (including phenoxy) is 1. The highest BCUT2D eigenvalue weighted by Crippen LogP contribution is 2.30. The highest BCUT2D eigenvalue weighted by molar-refractivity contribution is 4.69. The van der Waals surface area contributed by atoms with E-state index in [2.05, 4.69) is 41.5 Å². The second-order valence-corrected chi connectivity index (χ2v) is 8.62. The molecule has 132 valence electrons. The van der Waals surface area contributed by atoms with Crippen molar-refractivity contribution in [3.8, 4) is 0 Å². The van der Waals surface area contributed by atoms with Gasteiger partial charge in [0, 0.05) is 13.2 Å². The lowest BCUT2D eigenvalue weighted by molar-refractivity contribution is 0.183. The van der Waals surface area contributed by atoms with Crippen molar-refractivity contribution in [1.82, 2.24) is 0 Å². The van der Waals surface area contributed by atoms with Crippen molar-refractivity contribution in [3.05, 3.63) is 0 Å². The van der Waals surface area contributed by atoms with E-state index < -0.39 is 0 Å². The quantitative estimate of drug-likeness (QED) is 0.492. The van der Waals surface area contributed by atoms with Crippen LogP contribution in [0.3, 0.4) is 0 Å². The molecule has 0 amide bonds. The van der Waals surface area contributed by atoms with Crippen molar-refractivity contribution in [3.63, 3.8) is 0 Å². The highest BCUT2D eigenvalue weighted by Gasteiger charge is 2.18. The Morgan fingerprint density at radius 1 is 0.455 bits per heavy atom.